The summed E-state index contributed by atoms with van der Waals surface area (Å²) in [6.07, 6.45) is -1.75. The number of phosphoric ester groups is 1. The van der Waals surface area contributed by atoms with Gasteiger partial charge in [0, 0.05) is 0 Å². The molecule has 17 heavy (non-hydrogen) atoms. The summed E-state index contributed by atoms with van der Waals surface area (Å²) in [6.45, 7) is 1.06. The Bertz CT molecular complexity index is 267. The van der Waals surface area contributed by atoms with Gasteiger partial charge in [0.2, 0.25) is 0 Å². The second kappa shape index (κ2) is 6.80. The van der Waals surface area contributed by atoms with E-state index in [9.17, 15) is 9.46 Å². The summed E-state index contributed by atoms with van der Waals surface area (Å²) in [5.74, 6) is 0. The van der Waals surface area contributed by atoms with Gasteiger partial charge in [-0.1, -0.05) is 0 Å². The molecule has 2 unspecified atom stereocenters. The van der Waals surface area contributed by atoms with Crippen molar-refractivity contribution in [2.45, 2.75) is 19.1 Å². The van der Waals surface area contributed by atoms with Crippen molar-refractivity contribution < 1.29 is 33.2 Å². The Morgan fingerprint density at radius 3 is 2.35 bits per heavy atom. The lowest BCUT2D eigenvalue weighted by atomic mass is 10.3. The molecular formula is C9H22NO6P. The summed E-state index contributed by atoms with van der Waals surface area (Å²) in [6, 6.07) is 0. The Morgan fingerprint density at radius 2 is 1.94 bits per heavy atom. The van der Waals surface area contributed by atoms with Gasteiger partial charge in [0.1, 0.15) is 18.8 Å². The van der Waals surface area contributed by atoms with Crippen molar-refractivity contribution >= 4 is 7.82 Å². The fourth-order valence-electron chi connectivity index (χ4n) is 1.29. The molecule has 0 amide bonds. The zero-order valence-electron chi connectivity index (χ0n) is 10.7. The lowest BCUT2D eigenvalue weighted by Gasteiger charge is -2.31. The number of likely N-dealkylation sites (N-methyl/N-ethyl adjacent to an activating group) is 1. The molecule has 0 aromatic carbocycles. The minimum absolute atomic E-state index is 0.498. The second-order valence-electron chi connectivity index (χ2n) is 4.97. The van der Waals surface area contributed by atoms with Gasteiger partial charge in [0.05, 0.1) is 34.4 Å². The van der Waals surface area contributed by atoms with Gasteiger partial charge >= 0.3 is 0 Å². The van der Waals surface area contributed by atoms with Crippen molar-refractivity contribution in [1.82, 2.24) is 0 Å². The molecule has 0 rings (SSSR count). The van der Waals surface area contributed by atoms with Crippen molar-refractivity contribution in [2.75, 3.05) is 40.9 Å². The molecule has 0 aliphatic heterocycles. The van der Waals surface area contributed by atoms with Crippen molar-refractivity contribution in [3.8, 4) is 0 Å². The van der Waals surface area contributed by atoms with Crippen molar-refractivity contribution in [2.24, 2.45) is 0 Å². The summed E-state index contributed by atoms with van der Waals surface area (Å²) in [5, 5.41) is 17.4. The van der Waals surface area contributed by atoms with Gasteiger partial charge < -0.3 is 28.6 Å². The van der Waals surface area contributed by atoms with Crippen LogP contribution in [-0.2, 0) is 13.6 Å². The molecule has 7 nitrogen and oxygen atoms in total. The number of aliphatic hydroxyl groups is 2. The number of hydrogen-bond acceptors (Lipinski definition) is 6. The minimum atomic E-state index is -4.43. The van der Waals surface area contributed by atoms with Gasteiger partial charge in [0.15, 0.2) is 0 Å². The fraction of sp³-hybridized carbons (Fsp3) is 1.00. The number of aliphatic hydroxyl groups excluding tert-OH is 2. The molecule has 8 heteroatoms. The van der Waals surface area contributed by atoms with Crippen LogP contribution in [0.4, 0.5) is 0 Å². The molecule has 0 fully saturated rings. The number of rotatable bonds is 8. The molecule has 0 bridgehead atoms. The second-order valence-corrected chi connectivity index (χ2v) is 6.33. The van der Waals surface area contributed by atoms with E-state index in [-0.39, 0.29) is 0 Å². The summed E-state index contributed by atoms with van der Waals surface area (Å²) >= 11 is 0. The monoisotopic (exact) mass is 271 g/mol. The Morgan fingerprint density at radius 1 is 1.41 bits per heavy atom. The first-order chi connectivity index (χ1) is 7.56. The van der Waals surface area contributed by atoms with E-state index in [1.54, 1.807) is 6.92 Å². The summed E-state index contributed by atoms with van der Waals surface area (Å²) in [5.41, 5.74) is 0. The SMILES string of the molecule is CC(C[N+](C)(C)C)OP(=O)([O-])OC[C@H](O)CO. The molecule has 0 aromatic heterocycles. The molecule has 0 spiro atoms. The molecule has 0 aromatic rings. The van der Waals surface area contributed by atoms with Crippen LogP contribution in [0.2, 0.25) is 0 Å². The summed E-state index contributed by atoms with van der Waals surface area (Å²) in [7, 11) is 1.29. The number of quaternary nitrogens is 1. The average molecular weight is 271 g/mol. The van der Waals surface area contributed by atoms with Crippen LogP contribution in [0.25, 0.3) is 0 Å². The minimum Gasteiger partial charge on any atom is -0.756 e. The molecule has 3 atom stereocenters. The Hall–Kier alpha value is -0.0100. The van der Waals surface area contributed by atoms with Gasteiger partial charge in [-0.2, -0.15) is 0 Å². The highest BCUT2D eigenvalue weighted by Crippen LogP contribution is 2.39. The Balaban J connectivity index is 4.12. The van der Waals surface area contributed by atoms with Gasteiger partial charge in [-0.25, -0.2) is 0 Å². The third-order valence-corrected chi connectivity index (χ3v) is 2.83. The van der Waals surface area contributed by atoms with E-state index < -0.39 is 33.2 Å². The molecule has 0 radical (unpaired) electrons. The van der Waals surface area contributed by atoms with Gasteiger partial charge in [-0.3, -0.25) is 4.57 Å². The zero-order valence-corrected chi connectivity index (χ0v) is 11.6. The molecule has 104 valence electrons. The highest BCUT2D eigenvalue weighted by molar-refractivity contribution is 7.45. The van der Waals surface area contributed by atoms with E-state index >= 15 is 0 Å². The molecular weight excluding hydrogens is 249 g/mol. The van der Waals surface area contributed by atoms with Crippen LogP contribution in [0, 0.1) is 0 Å². The van der Waals surface area contributed by atoms with Gasteiger partial charge in [-0.15, -0.1) is 0 Å². The largest absolute Gasteiger partial charge is 0.756 e. The zero-order chi connectivity index (χ0) is 13.7. The maximum Gasteiger partial charge on any atom is 0.268 e. The lowest BCUT2D eigenvalue weighted by molar-refractivity contribution is -0.873. The first-order valence-electron chi connectivity index (χ1n) is 5.29. The normalized spacial score (nSPS) is 19.7. The van der Waals surface area contributed by atoms with E-state index in [1.807, 2.05) is 21.1 Å². The fourth-order valence-corrected chi connectivity index (χ4v) is 2.21. The highest BCUT2D eigenvalue weighted by Gasteiger charge is 2.21. The first-order valence-corrected chi connectivity index (χ1v) is 6.75. The predicted octanol–water partition coefficient (Wildman–Crippen LogP) is -1.06. The smallest absolute Gasteiger partial charge is 0.268 e. The van der Waals surface area contributed by atoms with E-state index in [4.69, 9.17) is 14.7 Å². The van der Waals surface area contributed by atoms with Crippen molar-refractivity contribution in [3.05, 3.63) is 0 Å². The van der Waals surface area contributed by atoms with Crippen LogP contribution >= 0.6 is 7.82 Å². The molecule has 0 aliphatic rings. The maximum atomic E-state index is 11.3. The summed E-state index contributed by atoms with van der Waals surface area (Å²) < 4.78 is 21.1. The number of phosphoric acid groups is 1. The summed E-state index contributed by atoms with van der Waals surface area (Å²) in [4.78, 5) is 11.3. The van der Waals surface area contributed by atoms with E-state index in [1.165, 1.54) is 0 Å². The maximum absolute atomic E-state index is 11.3. The first kappa shape index (κ1) is 17.0. The lowest BCUT2D eigenvalue weighted by Crippen LogP contribution is -2.41. The van der Waals surface area contributed by atoms with Crippen LogP contribution < -0.4 is 4.89 Å². The van der Waals surface area contributed by atoms with Crippen molar-refractivity contribution in [3.63, 3.8) is 0 Å². The van der Waals surface area contributed by atoms with E-state index in [0.29, 0.717) is 11.0 Å². The third-order valence-electron chi connectivity index (χ3n) is 1.75. The predicted molar refractivity (Wildman–Crippen MR) is 60.1 cm³/mol. The van der Waals surface area contributed by atoms with E-state index in [2.05, 4.69) is 4.52 Å². The van der Waals surface area contributed by atoms with Crippen LogP contribution in [0.15, 0.2) is 0 Å². The van der Waals surface area contributed by atoms with Crippen LogP contribution in [0.3, 0.4) is 0 Å². The van der Waals surface area contributed by atoms with Gasteiger partial charge in [0.25, 0.3) is 7.82 Å². The van der Waals surface area contributed by atoms with E-state index in [0.717, 1.165) is 0 Å². The number of hydrogen-bond donors (Lipinski definition) is 2. The average Bonchev–Trinajstić information content (AvgIpc) is 2.10. The Kier molecular flexibility index (Phi) is 6.79. The van der Waals surface area contributed by atoms with Crippen LogP contribution in [0.5, 0.6) is 0 Å². The van der Waals surface area contributed by atoms with Crippen molar-refractivity contribution in [1.29, 1.82) is 0 Å². The quantitative estimate of drug-likeness (QED) is 0.431. The standard InChI is InChI=1S/C9H22NO6P/c1-8(5-10(2,3)4)16-17(13,14)15-7-9(12)6-11/h8-9,11-12H,5-7H2,1-4H3/t8?,9-/m1/s1. The number of nitrogens with zero attached hydrogens (tertiary/aromatic N) is 1. The topological polar surface area (TPSA) is 99.1 Å². The molecule has 0 saturated carbocycles. The molecule has 2 N–H and O–H groups in total. The molecule has 0 aliphatic carbocycles. The third kappa shape index (κ3) is 9.67. The van der Waals surface area contributed by atoms with Gasteiger partial charge in [-0.05, 0) is 6.92 Å². The highest BCUT2D eigenvalue weighted by atomic mass is 31.2. The van der Waals surface area contributed by atoms with Crippen LogP contribution in [0.1, 0.15) is 6.92 Å². The Labute approximate surface area is 102 Å². The van der Waals surface area contributed by atoms with Crippen LogP contribution in [-0.4, -0.2) is 67.8 Å². The molecule has 0 heterocycles. The molecule has 0 saturated heterocycles.